The van der Waals surface area contributed by atoms with Gasteiger partial charge in [0.05, 0.1) is 11.6 Å². The van der Waals surface area contributed by atoms with E-state index < -0.39 is 0 Å². The van der Waals surface area contributed by atoms with Crippen LogP contribution in [0.3, 0.4) is 0 Å². The molecule has 1 aliphatic carbocycles. The van der Waals surface area contributed by atoms with Crippen molar-refractivity contribution in [3.05, 3.63) is 174 Å². The molecule has 10 rings (SSSR count). The number of rotatable bonds is 5. The molecule has 0 spiro atoms. The van der Waals surface area contributed by atoms with Crippen LogP contribution in [0.5, 0.6) is 0 Å². The third-order valence-electron chi connectivity index (χ3n) is 10.8. The van der Waals surface area contributed by atoms with Crippen molar-refractivity contribution in [2.45, 2.75) is 19.3 Å². The standard InChI is InChI=1S/C49H32N4O/c1-49(2)40-26-30(29-50)20-22-37(40)38-23-21-33(28-41(38)49)36-24-25-43-45(39-18-9-10-19-42(39)54-43)44(36)34-16-11-17-35(27-34)48-52-46(31-12-5-3-6-13-31)51-47(53-48)32-14-7-4-8-15-32/h3-28H,1-2H3. The summed E-state index contributed by atoms with van der Waals surface area (Å²) in [6.45, 7) is 4.50. The molecule has 2 heterocycles. The van der Waals surface area contributed by atoms with E-state index in [-0.39, 0.29) is 5.41 Å². The zero-order chi connectivity index (χ0) is 36.4. The lowest BCUT2D eigenvalue weighted by Gasteiger charge is -2.22. The molecule has 1 aliphatic rings. The highest BCUT2D eigenvalue weighted by atomic mass is 16.3. The SMILES string of the molecule is CC1(C)c2cc(C#N)ccc2-c2ccc(-c3ccc4oc5ccccc5c4c3-c3cccc(-c4nc(-c5ccccc5)nc(-c5ccccc5)n4)c3)cc21. The second-order valence-electron chi connectivity index (χ2n) is 14.3. The van der Waals surface area contributed by atoms with Crippen LogP contribution in [-0.4, -0.2) is 15.0 Å². The van der Waals surface area contributed by atoms with Crippen molar-refractivity contribution >= 4 is 21.9 Å². The molecule has 9 aromatic rings. The van der Waals surface area contributed by atoms with Gasteiger partial charge in [0.1, 0.15) is 11.2 Å². The molecule has 0 radical (unpaired) electrons. The average Bonchev–Trinajstić information content (AvgIpc) is 3.72. The Hall–Kier alpha value is -7.16. The first kappa shape index (κ1) is 31.6. The maximum absolute atomic E-state index is 9.69. The lowest BCUT2D eigenvalue weighted by molar-refractivity contribution is 0.660. The number of nitrogens with zero attached hydrogens (tertiary/aromatic N) is 4. The topological polar surface area (TPSA) is 75.6 Å². The fraction of sp³-hybridized carbons (Fsp3) is 0.0612. The van der Waals surface area contributed by atoms with Gasteiger partial charge in [-0.25, -0.2) is 15.0 Å². The van der Waals surface area contributed by atoms with E-state index in [0.29, 0.717) is 23.0 Å². The summed E-state index contributed by atoms with van der Waals surface area (Å²) in [5, 5.41) is 11.8. The van der Waals surface area contributed by atoms with Gasteiger partial charge in [-0.2, -0.15) is 5.26 Å². The number of benzene rings is 7. The molecule has 0 N–H and O–H groups in total. The maximum Gasteiger partial charge on any atom is 0.164 e. The van der Waals surface area contributed by atoms with Crippen molar-refractivity contribution in [2.75, 3.05) is 0 Å². The number of hydrogen-bond donors (Lipinski definition) is 0. The molecule has 0 fully saturated rings. The number of para-hydroxylation sites is 1. The van der Waals surface area contributed by atoms with Gasteiger partial charge >= 0.3 is 0 Å². The molecule has 0 saturated carbocycles. The molecule has 54 heavy (non-hydrogen) atoms. The molecule has 254 valence electrons. The number of fused-ring (bicyclic) bond motifs is 6. The third kappa shape index (κ3) is 5.03. The Morgan fingerprint density at radius 1 is 0.481 bits per heavy atom. The lowest BCUT2D eigenvalue weighted by Crippen LogP contribution is -2.15. The van der Waals surface area contributed by atoms with Crippen molar-refractivity contribution in [3.63, 3.8) is 0 Å². The predicted molar refractivity (Wildman–Crippen MR) is 217 cm³/mol. The molecule has 0 atom stereocenters. The van der Waals surface area contributed by atoms with Crippen LogP contribution in [0.25, 0.3) is 89.5 Å². The van der Waals surface area contributed by atoms with E-state index in [1.165, 1.54) is 22.3 Å². The van der Waals surface area contributed by atoms with Crippen LogP contribution in [-0.2, 0) is 5.41 Å². The first-order valence-corrected chi connectivity index (χ1v) is 18.1. The predicted octanol–water partition coefficient (Wildman–Crippen LogP) is 12.3. The molecule has 5 heteroatoms. The molecule has 5 nitrogen and oxygen atoms in total. The second kappa shape index (κ2) is 12.2. The van der Waals surface area contributed by atoms with Gasteiger partial charge in [0.25, 0.3) is 0 Å². The van der Waals surface area contributed by atoms with Crippen molar-refractivity contribution in [2.24, 2.45) is 0 Å². The molecule has 7 aromatic carbocycles. The first-order valence-electron chi connectivity index (χ1n) is 18.1. The monoisotopic (exact) mass is 692 g/mol. The van der Waals surface area contributed by atoms with Crippen LogP contribution in [0.4, 0.5) is 0 Å². The van der Waals surface area contributed by atoms with Crippen LogP contribution in [0.15, 0.2) is 162 Å². The fourth-order valence-electron chi connectivity index (χ4n) is 8.08. The fourth-order valence-corrected chi connectivity index (χ4v) is 8.08. The summed E-state index contributed by atoms with van der Waals surface area (Å²) in [7, 11) is 0. The third-order valence-corrected chi connectivity index (χ3v) is 10.8. The highest BCUT2D eigenvalue weighted by molar-refractivity contribution is 6.16. The second-order valence-corrected chi connectivity index (χ2v) is 14.3. The Morgan fingerprint density at radius 3 is 1.76 bits per heavy atom. The van der Waals surface area contributed by atoms with Crippen molar-refractivity contribution < 1.29 is 4.42 Å². The van der Waals surface area contributed by atoms with Crippen LogP contribution in [0, 0.1) is 11.3 Å². The quantitative estimate of drug-likeness (QED) is 0.179. The van der Waals surface area contributed by atoms with E-state index in [1.807, 2.05) is 84.9 Å². The Kier molecular flexibility index (Phi) is 7.14. The zero-order valence-corrected chi connectivity index (χ0v) is 29.7. The highest BCUT2D eigenvalue weighted by Crippen LogP contribution is 2.51. The van der Waals surface area contributed by atoms with Gasteiger partial charge in [-0.1, -0.05) is 135 Å². The number of aromatic nitrogens is 3. The summed E-state index contributed by atoms with van der Waals surface area (Å²) >= 11 is 0. The summed E-state index contributed by atoms with van der Waals surface area (Å²) in [6.07, 6.45) is 0. The Balaban J connectivity index is 1.19. The number of furan rings is 1. The Labute approximate surface area is 312 Å². The van der Waals surface area contributed by atoms with Crippen LogP contribution in [0.1, 0.15) is 30.5 Å². The average molecular weight is 693 g/mol. The molecule has 0 bridgehead atoms. The van der Waals surface area contributed by atoms with E-state index in [1.54, 1.807) is 0 Å². The molecular formula is C49H32N4O. The van der Waals surface area contributed by atoms with E-state index in [0.717, 1.165) is 60.9 Å². The molecule has 2 aromatic heterocycles. The van der Waals surface area contributed by atoms with E-state index >= 15 is 0 Å². The lowest BCUT2D eigenvalue weighted by atomic mass is 9.80. The summed E-state index contributed by atoms with van der Waals surface area (Å²) in [5.74, 6) is 1.85. The first-order chi connectivity index (χ1) is 26.5. The van der Waals surface area contributed by atoms with Crippen LogP contribution >= 0.6 is 0 Å². The van der Waals surface area contributed by atoms with Gasteiger partial charge < -0.3 is 4.42 Å². The summed E-state index contributed by atoms with van der Waals surface area (Å²) in [4.78, 5) is 15.0. The maximum atomic E-state index is 9.69. The number of hydrogen-bond acceptors (Lipinski definition) is 5. The molecule has 0 aliphatic heterocycles. The molecule has 0 saturated heterocycles. The minimum Gasteiger partial charge on any atom is -0.456 e. The van der Waals surface area contributed by atoms with Gasteiger partial charge in [-0.05, 0) is 75.3 Å². The molecule has 0 amide bonds. The normalized spacial score (nSPS) is 12.8. The van der Waals surface area contributed by atoms with Crippen molar-refractivity contribution in [1.82, 2.24) is 15.0 Å². The molecule has 0 unspecified atom stereocenters. The van der Waals surface area contributed by atoms with E-state index in [9.17, 15) is 5.26 Å². The summed E-state index contributed by atoms with van der Waals surface area (Å²) in [6, 6.07) is 56.3. The van der Waals surface area contributed by atoms with Gasteiger partial charge in [-0.15, -0.1) is 0 Å². The van der Waals surface area contributed by atoms with E-state index in [2.05, 4.69) is 92.7 Å². The van der Waals surface area contributed by atoms with Crippen molar-refractivity contribution in [3.8, 4) is 73.6 Å². The van der Waals surface area contributed by atoms with Gasteiger partial charge in [0.15, 0.2) is 17.5 Å². The van der Waals surface area contributed by atoms with Gasteiger partial charge in [0, 0.05) is 38.4 Å². The minimum atomic E-state index is -0.272. The Bertz CT molecular complexity index is 2920. The minimum absolute atomic E-state index is 0.272. The molecular weight excluding hydrogens is 661 g/mol. The summed E-state index contributed by atoms with van der Waals surface area (Å²) < 4.78 is 6.46. The Morgan fingerprint density at radius 2 is 1.06 bits per heavy atom. The van der Waals surface area contributed by atoms with Gasteiger partial charge in [0.2, 0.25) is 0 Å². The number of nitriles is 1. The zero-order valence-electron chi connectivity index (χ0n) is 29.7. The largest absolute Gasteiger partial charge is 0.456 e. The van der Waals surface area contributed by atoms with Crippen molar-refractivity contribution in [1.29, 1.82) is 5.26 Å². The smallest absolute Gasteiger partial charge is 0.164 e. The summed E-state index contributed by atoms with van der Waals surface area (Å²) in [5.41, 5.74) is 14.0. The van der Waals surface area contributed by atoms with Gasteiger partial charge in [-0.3, -0.25) is 0 Å². The van der Waals surface area contributed by atoms with Crippen LogP contribution < -0.4 is 0 Å². The van der Waals surface area contributed by atoms with E-state index in [4.69, 9.17) is 19.4 Å². The van der Waals surface area contributed by atoms with Crippen LogP contribution in [0.2, 0.25) is 0 Å². The highest BCUT2D eigenvalue weighted by Gasteiger charge is 2.36.